The number of hydrogen-bond donors (Lipinski definition) is 0. The molecule has 0 radical (unpaired) electrons. The van der Waals surface area contributed by atoms with E-state index in [0.29, 0.717) is 0 Å². The predicted octanol–water partition coefficient (Wildman–Crippen LogP) is 10.3. The molecule has 0 saturated heterocycles. The van der Waals surface area contributed by atoms with Gasteiger partial charge in [-0.15, -0.1) is 0 Å². The third kappa shape index (κ3) is 3.46. The van der Waals surface area contributed by atoms with Gasteiger partial charge in [0, 0.05) is 5.69 Å². The molecule has 3 aliphatic heterocycles. The molecule has 1 aliphatic carbocycles. The molecule has 2 heteroatoms. The third-order valence-electron chi connectivity index (χ3n) is 13.2. The van der Waals surface area contributed by atoms with Gasteiger partial charge in [-0.25, -0.2) is 0 Å². The number of benzene rings is 9. The van der Waals surface area contributed by atoms with Crippen LogP contribution in [0.4, 0.5) is 17.1 Å². The highest BCUT2D eigenvalue weighted by atomic mass is 28.3. The van der Waals surface area contributed by atoms with E-state index in [1.165, 1.54) is 104 Å². The van der Waals surface area contributed by atoms with Crippen molar-refractivity contribution in [2.75, 3.05) is 4.90 Å². The van der Waals surface area contributed by atoms with Crippen molar-refractivity contribution in [3.05, 3.63) is 222 Å². The van der Waals surface area contributed by atoms with Crippen LogP contribution in [0.1, 0.15) is 22.3 Å². The first-order valence-corrected chi connectivity index (χ1v) is 21.4. The minimum absolute atomic E-state index is 0.427. The van der Waals surface area contributed by atoms with Gasteiger partial charge in [0.05, 0.1) is 16.8 Å². The first kappa shape index (κ1) is 29.7. The summed E-state index contributed by atoms with van der Waals surface area (Å²) in [5, 5.41) is 8.60. The molecule has 254 valence electrons. The van der Waals surface area contributed by atoms with Gasteiger partial charge in [-0.1, -0.05) is 170 Å². The monoisotopic (exact) mass is 711 g/mol. The lowest BCUT2D eigenvalue weighted by Crippen LogP contribution is -2.70. The topological polar surface area (TPSA) is 3.24 Å². The Morgan fingerprint density at radius 1 is 0.309 bits per heavy atom. The van der Waals surface area contributed by atoms with Crippen LogP contribution in [0, 0.1) is 0 Å². The van der Waals surface area contributed by atoms with E-state index in [2.05, 4.69) is 205 Å². The molecule has 9 aromatic rings. The number of hydrogen-bond acceptors (Lipinski definition) is 1. The highest BCUT2D eigenvalue weighted by Crippen LogP contribution is 2.63. The molecule has 1 nitrogen and oxygen atoms in total. The smallest absolute Gasteiger partial charge is 0.182 e. The van der Waals surface area contributed by atoms with E-state index in [0.717, 1.165) is 0 Å². The lowest BCUT2D eigenvalue weighted by Gasteiger charge is -2.45. The Morgan fingerprint density at radius 2 is 0.745 bits per heavy atom. The fourth-order valence-corrected chi connectivity index (χ4v) is 16.9. The highest BCUT2D eigenvalue weighted by Gasteiger charge is 2.55. The number of anilines is 3. The quantitative estimate of drug-likeness (QED) is 0.153. The largest absolute Gasteiger partial charge is 0.310 e. The summed E-state index contributed by atoms with van der Waals surface area (Å²) in [6.45, 7) is 0. The second-order valence-corrected chi connectivity index (χ2v) is 19.2. The molecule has 55 heavy (non-hydrogen) atoms. The molecule has 13 rings (SSSR count). The molecule has 0 N–H and O–H groups in total. The number of fused-ring (bicyclic) bond motifs is 20. The summed E-state index contributed by atoms with van der Waals surface area (Å²) in [7, 11) is -2.70. The molecule has 9 aromatic carbocycles. The van der Waals surface area contributed by atoms with Gasteiger partial charge in [-0.3, -0.25) is 0 Å². The zero-order chi connectivity index (χ0) is 35.9. The maximum absolute atomic E-state index is 2.70. The van der Waals surface area contributed by atoms with E-state index in [9.17, 15) is 0 Å². The van der Waals surface area contributed by atoms with Crippen molar-refractivity contribution in [1.82, 2.24) is 0 Å². The van der Waals surface area contributed by atoms with Crippen molar-refractivity contribution in [3.63, 3.8) is 0 Å². The van der Waals surface area contributed by atoms with E-state index < -0.39 is 13.5 Å². The minimum Gasteiger partial charge on any atom is -0.310 e. The van der Waals surface area contributed by atoms with Gasteiger partial charge < -0.3 is 4.90 Å². The van der Waals surface area contributed by atoms with Gasteiger partial charge in [0.15, 0.2) is 8.07 Å². The number of para-hydroxylation sites is 2. The highest BCUT2D eigenvalue weighted by molar-refractivity contribution is 7.24. The molecular formula is C53H33NSi. The van der Waals surface area contributed by atoms with E-state index in [-0.39, 0.29) is 0 Å². The van der Waals surface area contributed by atoms with E-state index in [4.69, 9.17) is 0 Å². The summed E-state index contributed by atoms with van der Waals surface area (Å²) in [4.78, 5) is 2.56. The van der Waals surface area contributed by atoms with Crippen LogP contribution in [0.2, 0.25) is 0 Å². The van der Waals surface area contributed by atoms with Crippen LogP contribution in [0.3, 0.4) is 0 Å². The Balaban J connectivity index is 1.12. The summed E-state index contributed by atoms with van der Waals surface area (Å²) in [5.74, 6) is 0. The van der Waals surface area contributed by atoms with Crippen LogP contribution in [-0.4, -0.2) is 8.07 Å². The lowest BCUT2D eigenvalue weighted by atomic mass is 9.64. The normalized spacial score (nSPS) is 15.2. The lowest BCUT2D eigenvalue weighted by molar-refractivity contribution is 0.752. The summed E-state index contributed by atoms with van der Waals surface area (Å²) in [5.41, 5.74) is 16.8. The fourth-order valence-electron chi connectivity index (χ4n) is 11.3. The maximum atomic E-state index is 2.59. The molecular weight excluding hydrogens is 679 g/mol. The Hall–Kier alpha value is -6.74. The van der Waals surface area contributed by atoms with Gasteiger partial charge in [0.1, 0.15) is 0 Å². The molecule has 0 fully saturated rings. The van der Waals surface area contributed by atoms with Crippen LogP contribution in [0.25, 0.3) is 44.2 Å². The number of nitrogens with zero attached hydrogens (tertiary/aromatic N) is 1. The standard InChI is InChI=1S/C53H33NSi/c1-2-16-35-32-51-42(31-34(35)15-1)41-30-29-36(33-52(41)55(51)49-27-13-5-19-39(49)40-20-6-14-28-50(40)55)54-47-25-11-9-23-45(47)53(46-24-10-12-26-48(46)54)43-21-7-3-17-37(43)38-18-4-8-22-44(38)53/h1-33H. The molecule has 4 aliphatic rings. The van der Waals surface area contributed by atoms with Crippen LogP contribution in [0.5, 0.6) is 0 Å². The molecule has 0 unspecified atom stereocenters. The van der Waals surface area contributed by atoms with Crippen LogP contribution >= 0.6 is 0 Å². The molecule has 0 bridgehead atoms. The SMILES string of the molecule is c1ccc2c(c1)-c1ccccc1C21c2ccccc2N(c2ccc3c(c2)[Si]2(c4ccccc4-c4ccccc42)c2cc4ccccc4cc2-3)c2ccccc21. The van der Waals surface area contributed by atoms with Gasteiger partial charge in [-0.2, -0.15) is 0 Å². The fraction of sp³-hybridized carbons (Fsp3) is 0.0189. The van der Waals surface area contributed by atoms with Gasteiger partial charge >= 0.3 is 0 Å². The average molecular weight is 712 g/mol. The molecule has 3 heterocycles. The Bertz CT molecular complexity index is 3000. The van der Waals surface area contributed by atoms with Crippen molar-refractivity contribution >= 4 is 56.7 Å². The molecule has 0 aromatic heterocycles. The molecule has 2 spiro atoms. The first-order chi connectivity index (χ1) is 27.3. The zero-order valence-electron chi connectivity index (χ0n) is 30.0. The minimum atomic E-state index is -2.70. The molecule has 0 saturated carbocycles. The van der Waals surface area contributed by atoms with Crippen molar-refractivity contribution in [2.24, 2.45) is 0 Å². The number of rotatable bonds is 1. The van der Waals surface area contributed by atoms with Gasteiger partial charge in [0.2, 0.25) is 0 Å². The van der Waals surface area contributed by atoms with Crippen LogP contribution in [-0.2, 0) is 5.41 Å². The summed E-state index contributed by atoms with van der Waals surface area (Å²) in [6.07, 6.45) is 0. The van der Waals surface area contributed by atoms with Crippen molar-refractivity contribution in [1.29, 1.82) is 0 Å². The van der Waals surface area contributed by atoms with Crippen molar-refractivity contribution in [3.8, 4) is 33.4 Å². The summed E-state index contributed by atoms with van der Waals surface area (Å²) >= 11 is 0. The second-order valence-electron chi connectivity index (χ2n) is 15.5. The Labute approximate surface area is 321 Å². The molecule has 0 atom stereocenters. The van der Waals surface area contributed by atoms with Gasteiger partial charge in [0.25, 0.3) is 0 Å². The van der Waals surface area contributed by atoms with E-state index in [1.807, 2.05) is 0 Å². The zero-order valence-corrected chi connectivity index (χ0v) is 31.0. The third-order valence-corrected chi connectivity index (χ3v) is 18.2. The van der Waals surface area contributed by atoms with E-state index in [1.54, 1.807) is 0 Å². The van der Waals surface area contributed by atoms with Crippen LogP contribution < -0.4 is 25.6 Å². The Kier molecular flexibility index (Phi) is 5.65. The second kappa shape index (κ2) is 10.5. The van der Waals surface area contributed by atoms with E-state index >= 15 is 0 Å². The summed E-state index contributed by atoms with van der Waals surface area (Å²) in [6, 6.07) is 76.4. The predicted molar refractivity (Wildman–Crippen MR) is 231 cm³/mol. The van der Waals surface area contributed by atoms with Gasteiger partial charge in [-0.05, 0) is 117 Å². The average Bonchev–Trinajstić information content (AvgIpc) is 3.83. The maximum Gasteiger partial charge on any atom is 0.182 e. The first-order valence-electron chi connectivity index (χ1n) is 19.4. The van der Waals surface area contributed by atoms with Crippen molar-refractivity contribution < 1.29 is 0 Å². The van der Waals surface area contributed by atoms with Crippen molar-refractivity contribution in [2.45, 2.75) is 5.41 Å². The summed E-state index contributed by atoms with van der Waals surface area (Å²) < 4.78 is 0. The Morgan fingerprint density at radius 3 is 1.35 bits per heavy atom. The molecule has 0 amide bonds. The van der Waals surface area contributed by atoms with Crippen LogP contribution in [0.15, 0.2) is 200 Å².